The van der Waals surface area contributed by atoms with Gasteiger partial charge in [-0.05, 0) is 67.4 Å². The SMILES string of the molecule is Cc1ccc(Sc2ncccc2C(=O)Nc2cccc(C(N)=O)c2)cc1C. The van der Waals surface area contributed by atoms with Crippen LogP contribution in [-0.4, -0.2) is 16.8 Å². The van der Waals surface area contributed by atoms with Crippen LogP contribution in [0.4, 0.5) is 5.69 Å². The first kappa shape index (κ1) is 18.7. The van der Waals surface area contributed by atoms with E-state index in [9.17, 15) is 9.59 Å². The number of aryl methyl sites for hydroxylation is 2. The number of nitrogens with one attached hydrogen (secondary N) is 1. The van der Waals surface area contributed by atoms with Gasteiger partial charge in [-0.15, -0.1) is 0 Å². The van der Waals surface area contributed by atoms with E-state index in [1.807, 2.05) is 6.07 Å². The Hall–Kier alpha value is -3.12. The topological polar surface area (TPSA) is 85.1 Å². The van der Waals surface area contributed by atoms with Crippen molar-refractivity contribution in [2.75, 3.05) is 5.32 Å². The molecule has 3 aromatic rings. The van der Waals surface area contributed by atoms with E-state index in [0.717, 1.165) is 4.90 Å². The molecule has 0 saturated heterocycles. The number of amides is 2. The van der Waals surface area contributed by atoms with Gasteiger partial charge in [0.2, 0.25) is 5.91 Å². The highest BCUT2D eigenvalue weighted by Crippen LogP contribution is 2.30. The minimum atomic E-state index is -0.543. The van der Waals surface area contributed by atoms with Crippen molar-refractivity contribution in [2.45, 2.75) is 23.8 Å². The van der Waals surface area contributed by atoms with E-state index >= 15 is 0 Å². The lowest BCUT2D eigenvalue weighted by atomic mass is 10.1. The van der Waals surface area contributed by atoms with Crippen LogP contribution in [0.25, 0.3) is 0 Å². The van der Waals surface area contributed by atoms with Crippen LogP contribution in [0, 0.1) is 13.8 Å². The van der Waals surface area contributed by atoms with Crippen LogP contribution in [-0.2, 0) is 0 Å². The van der Waals surface area contributed by atoms with Crippen LogP contribution < -0.4 is 11.1 Å². The first-order valence-corrected chi connectivity index (χ1v) is 9.17. The van der Waals surface area contributed by atoms with Crippen molar-refractivity contribution >= 4 is 29.3 Å². The van der Waals surface area contributed by atoms with Crippen LogP contribution >= 0.6 is 11.8 Å². The van der Waals surface area contributed by atoms with Crippen molar-refractivity contribution in [3.63, 3.8) is 0 Å². The predicted molar refractivity (Wildman–Crippen MR) is 107 cm³/mol. The third-order valence-corrected chi connectivity index (χ3v) is 5.12. The molecule has 0 bridgehead atoms. The van der Waals surface area contributed by atoms with Crippen LogP contribution in [0.2, 0.25) is 0 Å². The number of carbonyl (C=O) groups is 2. The molecule has 6 heteroatoms. The lowest BCUT2D eigenvalue weighted by molar-refractivity contribution is 0.0995. The highest BCUT2D eigenvalue weighted by atomic mass is 32.2. The number of anilines is 1. The first-order valence-electron chi connectivity index (χ1n) is 8.35. The summed E-state index contributed by atoms with van der Waals surface area (Å²) in [6.07, 6.45) is 1.66. The highest BCUT2D eigenvalue weighted by Gasteiger charge is 2.14. The van der Waals surface area contributed by atoms with E-state index in [1.54, 1.807) is 42.6 Å². The fourth-order valence-electron chi connectivity index (χ4n) is 2.48. The summed E-state index contributed by atoms with van der Waals surface area (Å²) in [7, 11) is 0. The maximum Gasteiger partial charge on any atom is 0.258 e. The first-order chi connectivity index (χ1) is 12.9. The zero-order valence-corrected chi connectivity index (χ0v) is 15.8. The summed E-state index contributed by atoms with van der Waals surface area (Å²) in [5.41, 5.74) is 9.00. The summed E-state index contributed by atoms with van der Waals surface area (Å²) in [6.45, 7) is 4.11. The summed E-state index contributed by atoms with van der Waals surface area (Å²) in [6, 6.07) is 16.1. The van der Waals surface area contributed by atoms with E-state index in [1.165, 1.54) is 22.9 Å². The summed E-state index contributed by atoms with van der Waals surface area (Å²) >= 11 is 1.44. The zero-order valence-electron chi connectivity index (χ0n) is 15.0. The molecule has 3 N–H and O–H groups in total. The van der Waals surface area contributed by atoms with Crippen LogP contribution in [0.15, 0.2) is 70.7 Å². The molecule has 1 heterocycles. The van der Waals surface area contributed by atoms with Gasteiger partial charge < -0.3 is 11.1 Å². The molecule has 2 amide bonds. The molecule has 0 fully saturated rings. The Morgan fingerprint density at radius 3 is 2.56 bits per heavy atom. The van der Waals surface area contributed by atoms with Crippen molar-refractivity contribution in [3.05, 3.63) is 83.0 Å². The lowest BCUT2D eigenvalue weighted by Crippen LogP contribution is -2.15. The summed E-state index contributed by atoms with van der Waals surface area (Å²) in [4.78, 5) is 29.4. The molecule has 5 nitrogen and oxygen atoms in total. The van der Waals surface area contributed by atoms with Crippen molar-refractivity contribution in [3.8, 4) is 0 Å². The Morgan fingerprint density at radius 1 is 1.00 bits per heavy atom. The average Bonchev–Trinajstić information content (AvgIpc) is 2.65. The fraction of sp³-hybridized carbons (Fsp3) is 0.0952. The minimum Gasteiger partial charge on any atom is -0.366 e. The van der Waals surface area contributed by atoms with Gasteiger partial charge in [-0.2, -0.15) is 0 Å². The molecular formula is C21H19N3O2S. The highest BCUT2D eigenvalue weighted by molar-refractivity contribution is 7.99. The van der Waals surface area contributed by atoms with Crippen molar-refractivity contribution < 1.29 is 9.59 Å². The predicted octanol–water partition coefficient (Wildman–Crippen LogP) is 4.20. The molecule has 27 heavy (non-hydrogen) atoms. The van der Waals surface area contributed by atoms with Gasteiger partial charge in [-0.3, -0.25) is 9.59 Å². The van der Waals surface area contributed by atoms with Crippen molar-refractivity contribution in [1.82, 2.24) is 4.98 Å². The number of nitrogens with zero attached hydrogens (tertiary/aromatic N) is 1. The monoisotopic (exact) mass is 377 g/mol. The maximum absolute atomic E-state index is 12.7. The fourth-order valence-corrected chi connectivity index (χ4v) is 3.46. The smallest absolute Gasteiger partial charge is 0.258 e. The number of benzene rings is 2. The van der Waals surface area contributed by atoms with E-state index in [0.29, 0.717) is 21.8 Å². The number of carbonyl (C=O) groups excluding carboxylic acids is 2. The Bertz CT molecular complexity index is 1020. The Balaban J connectivity index is 1.84. The second-order valence-electron chi connectivity index (χ2n) is 6.10. The van der Waals surface area contributed by atoms with Gasteiger partial charge >= 0.3 is 0 Å². The zero-order chi connectivity index (χ0) is 19.4. The van der Waals surface area contributed by atoms with Crippen molar-refractivity contribution in [2.24, 2.45) is 5.73 Å². The maximum atomic E-state index is 12.7. The van der Waals surface area contributed by atoms with Crippen LogP contribution in [0.5, 0.6) is 0 Å². The van der Waals surface area contributed by atoms with Crippen LogP contribution in [0.3, 0.4) is 0 Å². The van der Waals surface area contributed by atoms with E-state index < -0.39 is 5.91 Å². The van der Waals surface area contributed by atoms with Gasteiger partial charge in [-0.1, -0.05) is 23.9 Å². The van der Waals surface area contributed by atoms with Crippen molar-refractivity contribution in [1.29, 1.82) is 0 Å². The van der Waals surface area contributed by atoms with Gasteiger partial charge in [0.15, 0.2) is 0 Å². The molecule has 136 valence electrons. The summed E-state index contributed by atoms with van der Waals surface area (Å²) in [5, 5.41) is 3.42. The van der Waals surface area contributed by atoms with Crippen LogP contribution in [0.1, 0.15) is 31.8 Å². The third kappa shape index (κ3) is 4.54. The molecule has 0 atom stereocenters. The molecule has 0 aliphatic heterocycles. The van der Waals surface area contributed by atoms with Gasteiger partial charge in [0.05, 0.1) is 5.56 Å². The Labute approximate surface area is 162 Å². The number of primary amides is 1. The van der Waals surface area contributed by atoms with E-state index in [-0.39, 0.29) is 5.91 Å². The average molecular weight is 377 g/mol. The molecule has 3 rings (SSSR count). The Kier molecular flexibility index (Phi) is 5.57. The quantitative estimate of drug-likeness (QED) is 0.698. The molecule has 0 unspecified atom stereocenters. The normalized spacial score (nSPS) is 10.4. The van der Waals surface area contributed by atoms with Gasteiger partial charge in [0.25, 0.3) is 5.91 Å². The summed E-state index contributed by atoms with van der Waals surface area (Å²) in [5.74, 6) is -0.838. The minimum absolute atomic E-state index is 0.295. The van der Waals surface area contributed by atoms with Gasteiger partial charge in [-0.25, -0.2) is 4.98 Å². The molecule has 0 saturated carbocycles. The number of rotatable bonds is 5. The number of aromatic nitrogens is 1. The molecule has 0 radical (unpaired) electrons. The van der Waals surface area contributed by atoms with Gasteiger partial charge in [0, 0.05) is 22.3 Å². The van der Waals surface area contributed by atoms with E-state index in [2.05, 4.69) is 36.3 Å². The number of hydrogen-bond donors (Lipinski definition) is 2. The molecule has 1 aromatic heterocycles. The lowest BCUT2D eigenvalue weighted by Gasteiger charge is -2.10. The second-order valence-corrected chi connectivity index (χ2v) is 7.17. The molecule has 0 aliphatic carbocycles. The molecular weight excluding hydrogens is 358 g/mol. The Morgan fingerprint density at radius 2 is 1.81 bits per heavy atom. The summed E-state index contributed by atoms with van der Waals surface area (Å²) < 4.78 is 0. The third-order valence-electron chi connectivity index (χ3n) is 4.11. The largest absolute Gasteiger partial charge is 0.366 e. The standard InChI is InChI=1S/C21H19N3O2S/c1-13-8-9-17(11-14(13)2)27-21-18(7-4-10-23-21)20(26)24-16-6-3-5-15(12-16)19(22)25/h3-12H,1-2H3,(H2,22,25)(H,24,26). The van der Waals surface area contributed by atoms with Gasteiger partial charge in [0.1, 0.15) is 5.03 Å². The number of hydrogen-bond acceptors (Lipinski definition) is 4. The van der Waals surface area contributed by atoms with E-state index in [4.69, 9.17) is 5.73 Å². The number of nitrogens with two attached hydrogens (primary N) is 1. The second kappa shape index (κ2) is 8.05. The molecule has 0 spiro atoms. The number of pyridine rings is 1. The molecule has 2 aromatic carbocycles. The molecule has 0 aliphatic rings.